The predicted octanol–water partition coefficient (Wildman–Crippen LogP) is 4.36. The summed E-state index contributed by atoms with van der Waals surface area (Å²) >= 11 is 0. The molecular weight excluding hydrogens is 373 g/mol. The highest BCUT2D eigenvalue weighted by Crippen LogP contribution is 2.47. The van der Waals surface area contributed by atoms with Crippen molar-refractivity contribution in [3.63, 3.8) is 0 Å². The summed E-state index contributed by atoms with van der Waals surface area (Å²) in [4.78, 5) is 4.00. The van der Waals surface area contributed by atoms with Gasteiger partial charge in [0.05, 0.1) is 17.6 Å². The Balaban J connectivity index is 1.82. The molecule has 4 aromatic rings. The van der Waals surface area contributed by atoms with Gasteiger partial charge < -0.3 is 24.5 Å². The summed E-state index contributed by atoms with van der Waals surface area (Å²) in [7, 11) is 0. The number of hydrogen-bond donors (Lipinski definition) is 3. The van der Waals surface area contributed by atoms with Gasteiger partial charge in [-0.2, -0.15) is 0 Å². The van der Waals surface area contributed by atoms with E-state index in [1.165, 1.54) is 22.8 Å². The number of aromatic nitrogens is 3. The molecule has 0 unspecified atom stereocenters. The molecule has 0 saturated carbocycles. The van der Waals surface area contributed by atoms with E-state index in [-0.39, 0.29) is 22.9 Å². The molecule has 6 nitrogen and oxygen atoms in total. The average molecular weight is 393 g/mol. The summed E-state index contributed by atoms with van der Waals surface area (Å²) < 4.78 is 18.1. The number of benzene rings is 2. The second-order valence-corrected chi connectivity index (χ2v) is 6.73. The average Bonchev–Trinajstić information content (AvgIpc) is 3.32. The molecule has 29 heavy (non-hydrogen) atoms. The zero-order chi connectivity index (χ0) is 20.4. The van der Waals surface area contributed by atoms with E-state index in [1.807, 2.05) is 10.8 Å². The molecular formula is C22H20FN3O3. The van der Waals surface area contributed by atoms with Crippen LogP contribution in [0.25, 0.3) is 22.4 Å². The lowest BCUT2D eigenvalue weighted by Crippen LogP contribution is -2.05. The standard InChI is InChI=1S/C22H20FN3O3/c23-18-5-2-1-4-17(18)20-19(15-6-8-16(27)9-7-15)21(28)22(29)26(20)12-3-11-25-13-10-24-14-25/h1-2,4-10,13-14,27-29H,3,11-12H2. The first-order valence-corrected chi connectivity index (χ1v) is 9.20. The molecule has 2 heterocycles. The van der Waals surface area contributed by atoms with Crippen molar-refractivity contribution in [2.75, 3.05) is 0 Å². The van der Waals surface area contributed by atoms with Gasteiger partial charge >= 0.3 is 0 Å². The molecule has 4 rings (SSSR count). The monoisotopic (exact) mass is 393 g/mol. The van der Waals surface area contributed by atoms with Crippen molar-refractivity contribution in [1.82, 2.24) is 14.1 Å². The van der Waals surface area contributed by atoms with Crippen molar-refractivity contribution in [3.05, 3.63) is 73.1 Å². The molecule has 0 aliphatic carbocycles. The highest BCUT2D eigenvalue weighted by atomic mass is 19.1. The van der Waals surface area contributed by atoms with Crippen molar-refractivity contribution in [2.45, 2.75) is 19.5 Å². The topological polar surface area (TPSA) is 83.4 Å². The molecule has 7 heteroatoms. The SMILES string of the molecule is Oc1ccc(-c2c(O)c(O)n(CCCn3ccnc3)c2-c2ccccc2F)cc1. The summed E-state index contributed by atoms with van der Waals surface area (Å²) in [6, 6.07) is 12.4. The highest BCUT2D eigenvalue weighted by Gasteiger charge is 2.26. The minimum atomic E-state index is -0.458. The Hall–Kier alpha value is -3.74. The van der Waals surface area contributed by atoms with Gasteiger partial charge in [0.25, 0.3) is 0 Å². The second kappa shape index (κ2) is 7.71. The molecule has 0 saturated heterocycles. The number of hydrogen-bond acceptors (Lipinski definition) is 4. The van der Waals surface area contributed by atoms with Gasteiger partial charge in [0, 0.05) is 31.0 Å². The third-order valence-electron chi connectivity index (χ3n) is 4.85. The first kappa shape index (κ1) is 18.6. The molecule has 0 fully saturated rings. The van der Waals surface area contributed by atoms with Crippen LogP contribution in [0.4, 0.5) is 4.39 Å². The lowest BCUT2D eigenvalue weighted by Gasteiger charge is -2.13. The van der Waals surface area contributed by atoms with Crippen LogP contribution >= 0.6 is 0 Å². The number of aryl methyl sites for hydroxylation is 1. The van der Waals surface area contributed by atoms with E-state index >= 15 is 0 Å². The fourth-order valence-corrected chi connectivity index (χ4v) is 3.48. The van der Waals surface area contributed by atoms with E-state index < -0.39 is 5.82 Å². The third-order valence-corrected chi connectivity index (χ3v) is 4.85. The molecule has 0 amide bonds. The van der Waals surface area contributed by atoms with Gasteiger partial charge in [0.2, 0.25) is 5.88 Å². The Labute approximate surface area is 166 Å². The molecule has 0 radical (unpaired) electrons. The van der Waals surface area contributed by atoms with Gasteiger partial charge in [0.1, 0.15) is 11.6 Å². The van der Waals surface area contributed by atoms with Crippen molar-refractivity contribution in [2.24, 2.45) is 0 Å². The predicted molar refractivity (Wildman–Crippen MR) is 107 cm³/mol. The number of aromatic hydroxyl groups is 3. The quantitative estimate of drug-likeness (QED) is 0.454. The number of imidazole rings is 1. The van der Waals surface area contributed by atoms with Crippen LogP contribution < -0.4 is 0 Å². The largest absolute Gasteiger partial charge is 0.508 e. The Morgan fingerprint density at radius 1 is 0.931 bits per heavy atom. The maximum absolute atomic E-state index is 14.7. The Bertz CT molecular complexity index is 1120. The fraction of sp³-hybridized carbons (Fsp3) is 0.136. The van der Waals surface area contributed by atoms with Crippen LogP contribution in [0, 0.1) is 5.82 Å². The molecule has 148 valence electrons. The van der Waals surface area contributed by atoms with Crippen LogP contribution in [0.3, 0.4) is 0 Å². The van der Waals surface area contributed by atoms with Crippen molar-refractivity contribution in [1.29, 1.82) is 0 Å². The summed E-state index contributed by atoms with van der Waals surface area (Å²) in [5.41, 5.74) is 1.53. The third kappa shape index (κ3) is 3.54. The van der Waals surface area contributed by atoms with E-state index in [0.29, 0.717) is 36.3 Å². The molecule has 0 aliphatic rings. The van der Waals surface area contributed by atoms with Gasteiger partial charge in [-0.25, -0.2) is 9.37 Å². The Morgan fingerprint density at radius 3 is 2.38 bits per heavy atom. The van der Waals surface area contributed by atoms with E-state index in [2.05, 4.69) is 4.98 Å². The zero-order valence-corrected chi connectivity index (χ0v) is 15.5. The Kier molecular flexibility index (Phi) is 4.95. The zero-order valence-electron chi connectivity index (χ0n) is 15.5. The lowest BCUT2D eigenvalue weighted by molar-refractivity contribution is 0.368. The highest BCUT2D eigenvalue weighted by molar-refractivity contribution is 5.89. The van der Waals surface area contributed by atoms with Gasteiger partial charge in [-0.15, -0.1) is 0 Å². The van der Waals surface area contributed by atoms with E-state index in [4.69, 9.17) is 0 Å². The van der Waals surface area contributed by atoms with Crippen LogP contribution in [0.2, 0.25) is 0 Å². The van der Waals surface area contributed by atoms with Gasteiger partial charge in [-0.1, -0.05) is 24.3 Å². The molecule has 2 aromatic carbocycles. The fourth-order valence-electron chi connectivity index (χ4n) is 3.48. The van der Waals surface area contributed by atoms with Crippen LogP contribution in [0.5, 0.6) is 17.4 Å². The van der Waals surface area contributed by atoms with Gasteiger partial charge in [-0.05, 0) is 36.2 Å². The molecule has 0 aliphatic heterocycles. The first-order valence-electron chi connectivity index (χ1n) is 9.20. The van der Waals surface area contributed by atoms with Crippen LogP contribution in [0.1, 0.15) is 6.42 Å². The van der Waals surface area contributed by atoms with Gasteiger partial charge in [-0.3, -0.25) is 0 Å². The van der Waals surface area contributed by atoms with Crippen molar-refractivity contribution in [3.8, 4) is 39.8 Å². The smallest absolute Gasteiger partial charge is 0.235 e. The second-order valence-electron chi connectivity index (χ2n) is 6.73. The molecule has 2 aromatic heterocycles. The molecule has 0 spiro atoms. The van der Waals surface area contributed by atoms with Crippen LogP contribution in [-0.2, 0) is 13.1 Å². The number of nitrogens with zero attached hydrogens (tertiary/aromatic N) is 3. The Morgan fingerprint density at radius 2 is 1.69 bits per heavy atom. The lowest BCUT2D eigenvalue weighted by atomic mass is 10.00. The number of phenols is 1. The molecule has 0 atom stereocenters. The van der Waals surface area contributed by atoms with Crippen molar-refractivity contribution >= 4 is 0 Å². The summed E-state index contributed by atoms with van der Waals surface area (Å²) in [5, 5.41) is 30.9. The summed E-state index contributed by atoms with van der Waals surface area (Å²) in [6.45, 7) is 1.02. The van der Waals surface area contributed by atoms with E-state index in [1.54, 1.807) is 42.9 Å². The van der Waals surface area contributed by atoms with Crippen molar-refractivity contribution < 1.29 is 19.7 Å². The summed E-state index contributed by atoms with van der Waals surface area (Å²) in [5.74, 6) is -1.03. The number of halogens is 1. The number of phenolic OH excluding ortho intramolecular Hbond substituents is 1. The molecule has 3 N–H and O–H groups in total. The first-order chi connectivity index (χ1) is 14.1. The normalized spacial score (nSPS) is 11.1. The van der Waals surface area contributed by atoms with E-state index in [0.717, 1.165) is 0 Å². The van der Waals surface area contributed by atoms with Crippen LogP contribution in [0.15, 0.2) is 67.3 Å². The summed E-state index contributed by atoms with van der Waals surface area (Å²) in [6.07, 6.45) is 5.86. The minimum absolute atomic E-state index is 0.0738. The molecule has 0 bridgehead atoms. The van der Waals surface area contributed by atoms with Crippen LogP contribution in [-0.4, -0.2) is 29.4 Å². The maximum atomic E-state index is 14.7. The minimum Gasteiger partial charge on any atom is -0.508 e. The van der Waals surface area contributed by atoms with E-state index in [9.17, 15) is 19.7 Å². The number of rotatable bonds is 6. The maximum Gasteiger partial charge on any atom is 0.235 e. The van der Waals surface area contributed by atoms with Gasteiger partial charge in [0.15, 0.2) is 5.75 Å².